The molecule has 0 aliphatic carbocycles. The van der Waals surface area contributed by atoms with Gasteiger partial charge in [-0.15, -0.1) is 0 Å². The number of rotatable bonds is 8. The molecule has 3 amide bonds. The average Bonchev–Trinajstić information content (AvgIpc) is 3.47. The normalized spacial score (nSPS) is 26.6. The maximum atomic E-state index is 13.3. The first-order chi connectivity index (χ1) is 16.8. The van der Waals surface area contributed by atoms with Gasteiger partial charge in [-0.05, 0) is 46.1 Å². The molecule has 0 aromatic rings. The number of hydrogen-bond acceptors (Lipinski definition) is 6. The van der Waals surface area contributed by atoms with Crippen molar-refractivity contribution in [1.82, 2.24) is 20.4 Å². The number of allylic oxidation sites excluding steroid dienone is 4. The minimum absolute atomic E-state index is 0.0898. The zero-order valence-corrected chi connectivity index (χ0v) is 20.7. The van der Waals surface area contributed by atoms with Gasteiger partial charge < -0.3 is 20.3 Å². The van der Waals surface area contributed by atoms with Crippen LogP contribution in [-0.2, 0) is 14.3 Å². The molecule has 3 aliphatic rings. The van der Waals surface area contributed by atoms with Crippen molar-refractivity contribution in [3.63, 3.8) is 0 Å². The van der Waals surface area contributed by atoms with Gasteiger partial charge >= 0.3 is 6.09 Å². The van der Waals surface area contributed by atoms with E-state index in [-0.39, 0.29) is 30.3 Å². The van der Waals surface area contributed by atoms with Crippen LogP contribution in [0.5, 0.6) is 0 Å². The molecule has 3 saturated heterocycles. The number of hydrogen-bond donors (Lipinski definition) is 2. The van der Waals surface area contributed by atoms with Gasteiger partial charge in [-0.2, -0.15) is 5.26 Å². The molecule has 0 aromatic carbocycles. The van der Waals surface area contributed by atoms with Crippen molar-refractivity contribution < 1.29 is 19.1 Å². The van der Waals surface area contributed by atoms with Crippen LogP contribution in [0.25, 0.3) is 0 Å². The number of nitrogens with zero attached hydrogens (tertiary/aromatic N) is 3. The maximum absolute atomic E-state index is 13.3. The lowest BCUT2D eigenvalue weighted by atomic mass is 9.96. The van der Waals surface area contributed by atoms with Gasteiger partial charge in [-0.25, -0.2) is 4.79 Å². The predicted molar refractivity (Wildman–Crippen MR) is 132 cm³/mol. The summed E-state index contributed by atoms with van der Waals surface area (Å²) in [4.78, 5) is 42.0. The van der Waals surface area contributed by atoms with E-state index in [1.807, 2.05) is 38.3 Å². The first-order valence-electron chi connectivity index (χ1n) is 12.4. The fraction of sp³-hybridized carbons (Fsp3) is 0.615. The van der Waals surface area contributed by atoms with Crippen molar-refractivity contribution in [1.29, 1.82) is 5.26 Å². The van der Waals surface area contributed by atoms with E-state index in [9.17, 15) is 19.6 Å². The Morgan fingerprint density at radius 2 is 2.06 bits per heavy atom. The SMILES string of the molecule is C=C(/C=C\C=C/C)[C@@H]1C[C@@H](C(=O)N[C@H](C#N)C[C@@H]2CCNC2=O)N(C(=O)OC2CCN(C)CC2)C1. The molecule has 3 rings (SSSR count). The van der Waals surface area contributed by atoms with Crippen LogP contribution in [0.1, 0.15) is 39.0 Å². The van der Waals surface area contributed by atoms with E-state index >= 15 is 0 Å². The van der Waals surface area contributed by atoms with Crippen molar-refractivity contribution in [2.75, 3.05) is 33.2 Å². The Kier molecular flexibility index (Phi) is 9.49. The summed E-state index contributed by atoms with van der Waals surface area (Å²) in [6, 6.07) is 0.528. The Morgan fingerprint density at radius 3 is 2.69 bits per heavy atom. The summed E-state index contributed by atoms with van der Waals surface area (Å²) in [6.07, 6.45) is 9.72. The first kappa shape index (κ1) is 26.5. The fourth-order valence-electron chi connectivity index (χ4n) is 4.86. The lowest BCUT2D eigenvalue weighted by Crippen LogP contribution is -2.50. The number of amides is 3. The van der Waals surface area contributed by atoms with E-state index in [0.717, 1.165) is 31.5 Å². The summed E-state index contributed by atoms with van der Waals surface area (Å²) in [6.45, 7) is 8.68. The number of nitriles is 1. The standard InChI is InChI=1S/C26H37N5O4/c1-4-5-6-7-18(2)20-15-23(25(33)29-21(16-27)14-19-8-11-28-24(19)32)31(17-20)26(34)35-22-9-12-30(3)13-10-22/h4-7,19-23H,2,8-15,17H2,1,3H3,(H,28,32)(H,29,33)/b5-4-,7-6-/t19-,20+,21-,23-/m0/s1. The highest BCUT2D eigenvalue weighted by Crippen LogP contribution is 2.31. The van der Waals surface area contributed by atoms with Crippen LogP contribution in [0, 0.1) is 23.2 Å². The zero-order chi connectivity index (χ0) is 25.4. The largest absolute Gasteiger partial charge is 0.446 e. The minimum atomic E-state index is -0.806. The summed E-state index contributed by atoms with van der Waals surface area (Å²) >= 11 is 0. The molecule has 9 heteroatoms. The molecule has 9 nitrogen and oxygen atoms in total. The van der Waals surface area contributed by atoms with Gasteiger partial charge in [-0.1, -0.05) is 36.5 Å². The molecule has 0 saturated carbocycles. The minimum Gasteiger partial charge on any atom is -0.446 e. The predicted octanol–water partition coefficient (Wildman–Crippen LogP) is 2.13. The van der Waals surface area contributed by atoms with Gasteiger partial charge in [0.25, 0.3) is 0 Å². The number of piperidine rings is 1. The van der Waals surface area contributed by atoms with Gasteiger partial charge in [0, 0.05) is 38.0 Å². The molecule has 35 heavy (non-hydrogen) atoms. The van der Waals surface area contributed by atoms with E-state index in [1.54, 1.807) is 0 Å². The summed E-state index contributed by atoms with van der Waals surface area (Å²) < 4.78 is 5.79. The molecule has 3 aliphatic heterocycles. The Labute approximate surface area is 207 Å². The summed E-state index contributed by atoms with van der Waals surface area (Å²) in [5, 5.41) is 15.1. The fourth-order valence-corrected chi connectivity index (χ4v) is 4.86. The van der Waals surface area contributed by atoms with Crippen molar-refractivity contribution in [2.45, 2.75) is 57.2 Å². The Hall–Kier alpha value is -3.12. The van der Waals surface area contributed by atoms with Gasteiger partial charge in [0.2, 0.25) is 11.8 Å². The Morgan fingerprint density at radius 1 is 1.31 bits per heavy atom. The van der Waals surface area contributed by atoms with Crippen LogP contribution in [-0.4, -0.2) is 79.1 Å². The Balaban J connectivity index is 1.69. The van der Waals surface area contributed by atoms with Crippen LogP contribution >= 0.6 is 0 Å². The second-order valence-electron chi connectivity index (χ2n) is 9.65. The third-order valence-corrected chi connectivity index (χ3v) is 7.06. The number of nitrogens with one attached hydrogen (secondary N) is 2. The van der Waals surface area contributed by atoms with Crippen molar-refractivity contribution >= 4 is 17.9 Å². The smallest absolute Gasteiger partial charge is 0.410 e. The lowest BCUT2D eigenvalue weighted by Gasteiger charge is -2.31. The van der Waals surface area contributed by atoms with Crippen LogP contribution < -0.4 is 10.6 Å². The number of ether oxygens (including phenoxy) is 1. The quantitative estimate of drug-likeness (QED) is 0.511. The summed E-state index contributed by atoms with van der Waals surface area (Å²) in [5.41, 5.74) is 0.829. The van der Waals surface area contributed by atoms with Gasteiger partial charge in [0.1, 0.15) is 18.2 Å². The molecule has 3 heterocycles. The monoisotopic (exact) mass is 483 g/mol. The van der Waals surface area contributed by atoms with Gasteiger partial charge in [-0.3, -0.25) is 14.5 Å². The van der Waals surface area contributed by atoms with E-state index in [2.05, 4.69) is 28.2 Å². The summed E-state index contributed by atoms with van der Waals surface area (Å²) in [5.74, 6) is -0.882. The third kappa shape index (κ3) is 7.18. The molecule has 2 N–H and O–H groups in total. The zero-order valence-electron chi connectivity index (χ0n) is 20.7. The number of carbonyl (C=O) groups excluding carboxylic acids is 3. The van der Waals surface area contributed by atoms with E-state index < -0.39 is 24.1 Å². The van der Waals surface area contributed by atoms with Crippen molar-refractivity contribution in [3.05, 3.63) is 36.5 Å². The van der Waals surface area contributed by atoms with Crippen LogP contribution in [0.2, 0.25) is 0 Å². The number of likely N-dealkylation sites (tertiary alicyclic amines) is 2. The molecular weight excluding hydrogens is 446 g/mol. The highest BCUT2D eigenvalue weighted by Gasteiger charge is 2.42. The highest BCUT2D eigenvalue weighted by molar-refractivity contribution is 5.87. The topological polar surface area (TPSA) is 115 Å². The average molecular weight is 484 g/mol. The molecule has 0 spiro atoms. The third-order valence-electron chi connectivity index (χ3n) is 7.06. The van der Waals surface area contributed by atoms with Crippen LogP contribution in [0.15, 0.2) is 36.5 Å². The van der Waals surface area contributed by atoms with Crippen molar-refractivity contribution in [3.8, 4) is 6.07 Å². The molecule has 3 fully saturated rings. The number of carbonyl (C=O) groups is 3. The van der Waals surface area contributed by atoms with E-state index in [4.69, 9.17) is 4.74 Å². The van der Waals surface area contributed by atoms with E-state index in [1.165, 1.54) is 4.90 Å². The van der Waals surface area contributed by atoms with Gasteiger partial charge in [0.15, 0.2) is 0 Å². The lowest BCUT2D eigenvalue weighted by molar-refractivity contribution is -0.126. The first-order valence-corrected chi connectivity index (χ1v) is 12.4. The molecule has 0 bridgehead atoms. The van der Waals surface area contributed by atoms with E-state index in [0.29, 0.717) is 25.9 Å². The second-order valence-corrected chi connectivity index (χ2v) is 9.65. The molecule has 0 aromatic heterocycles. The second kappa shape index (κ2) is 12.5. The molecule has 4 atom stereocenters. The molecule has 0 radical (unpaired) electrons. The Bertz CT molecular complexity index is 900. The van der Waals surface area contributed by atoms with Gasteiger partial charge in [0.05, 0.1) is 6.07 Å². The summed E-state index contributed by atoms with van der Waals surface area (Å²) in [7, 11) is 2.04. The molecular formula is C26H37N5O4. The van der Waals surface area contributed by atoms with Crippen LogP contribution in [0.4, 0.5) is 4.79 Å². The van der Waals surface area contributed by atoms with Crippen LogP contribution in [0.3, 0.4) is 0 Å². The molecule has 190 valence electrons. The highest BCUT2D eigenvalue weighted by atomic mass is 16.6. The molecule has 0 unspecified atom stereocenters. The van der Waals surface area contributed by atoms with Crippen molar-refractivity contribution in [2.24, 2.45) is 11.8 Å². The maximum Gasteiger partial charge on any atom is 0.410 e.